The van der Waals surface area contributed by atoms with Crippen molar-refractivity contribution in [1.82, 2.24) is 0 Å². The van der Waals surface area contributed by atoms with Gasteiger partial charge in [0.1, 0.15) is 0 Å². The van der Waals surface area contributed by atoms with Crippen LogP contribution in [-0.4, -0.2) is 18.8 Å². The molecule has 5 heteroatoms. The molecule has 68 valence electrons. The molecule has 1 aliphatic rings. The molecule has 12 heavy (non-hydrogen) atoms. The van der Waals surface area contributed by atoms with Crippen molar-refractivity contribution in [2.45, 2.75) is 25.7 Å². The van der Waals surface area contributed by atoms with Crippen molar-refractivity contribution in [1.29, 1.82) is 0 Å². The smallest absolute Gasteiger partial charge is 0.290 e. The van der Waals surface area contributed by atoms with Gasteiger partial charge in [0, 0.05) is 6.42 Å². The third kappa shape index (κ3) is 2.42. The number of hydrogen-bond donors (Lipinski definition) is 1. The maximum absolute atomic E-state index is 10.9. The largest absolute Gasteiger partial charge is 0.295 e. The van der Waals surface area contributed by atoms with Crippen molar-refractivity contribution < 1.29 is 17.8 Å². The Bertz CT molecular complexity index is 312. The van der Waals surface area contributed by atoms with Crippen LogP contribution in [0.25, 0.3) is 0 Å². The van der Waals surface area contributed by atoms with Crippen LogP contribution >= 0.6 is 0 Å². The molecule has 0 heterocycles. The molecule has 0 spiro atoms. The molecule has 0 bridgehead atoms. The van der Waals surface area contributed by atoms with Crippen molar-refractivity contribution in [2.75, 3.05) is 0 Å². The molecule has 0 unspecified atom stereocenters. The fourth-order valence-corrected chi connectivity index (χ4v) is 1.81. The van der Waals surface area contributed by atoms with Crippen LogP contribution in [0, 0.1) is 0 Å². The number of rotatable bonds is 1. The zero-order valence-corrected chi connectivity index (χ0v) is 7.30. The summed E-state index contributed by atoms with van der Waals surface area (Å²) in [5.74, 6) is -0.222. The summed E-state index contributed by atoms with van der Waals surface area (Å²) in [6, 6.07) is 0. The molecule has 4 nitrogen and oxygen atoms in total. The first kappa shape index (κ1) is 9.41. The fourth-order valence-electron chi connectivity index (χ4n) is 1.13. The minimum absolute atomic E-state index is 0.148. The Morgan fingerprint density at radius 3 is 2.42 bits per heavy atom. The van der Waals surface area contributed by atoms with Gasteiger partial charge in [-0.2, -0.15) is 8.42 Å². The van der Waals surface area contributed by atoms with E-state index in [0.717, 1.165) is 6.08 Å². The lowest BCUT2D eigenvalue weighted by molar-refractivity contribution is -0.114. The van der Waals surface area contributed by atoms with Crippen LogP contribution in [0.2, 0.25) is 0 Å². The van der Waals surface area contributed by atoms with Crippen molar-refractivity contribution in [3.63, 3.8) is 0 Å². The van der Waals surface area contributed by atoms with E-state index < -0.39 is 10.1 Å². The van der Waals surface area contributed by atoms with Gasteiger partial charge in [-0.05, 0) is 25.3 Å². The van der Waals surface area contributed by atoms with E-state index in [2.05, 4.69) is 0 Å². The molecule has 0 amide bonds. The molecule has 0 saturated carbocycles. The molecule has 0 aromatic carbocycles. The Morgan fingerprint density at radius 2 is 1.83 bits per heavy atom. The van der Waals surface area contributed by atoms with E-state index in [1.165, 1.54) is 0 Å². The van der Waals surface area contributed by atoms with Gasteiger partial charge in [0.2, 0.25) is 0 Å². The Kier molecular flexibility index (Phi) is 2.64. The molecule has 0 saturated heterocycles. The van der Waals surface area contributed by atoms with E-state index in [0.29, 0.717) is 19.3 Å². The highest BCUT2D eigenvalue weighted by molar-refractivity contribution is 7.89. The topological polar surface area (TPSA) is 71.4 Å². The molecule has 0 aromatic heterocycles. The van der Waals surface area contributed by atoms with Crippen molar-refractivity contribution in [2.24, 2.45) is 0 Å². The lowest BCUT2D eigenvalue weighted by Gasteiger charge is -1.97. The number of carbonyl (C=O) groups is 1. The lowest BCUT2D eigenvalue weighted by atomic mass is 10.2. The maximum atomic E-state index is 10.9. The van der Waals surface area contributed by atoms with Gasteiger partial charge in [0.15, 0.2) is 5.78 Å². The van der Waals surface area contributed by atoms with Gasteiger partial charge in [-0.15, -0.1) is 0 Å². The minimum atomic E-state index is -4.14. The highest BCUT2D eigenvalue weighted by atomic mass is 32.2. The Balaban J connectivity index is 2.95. The second-order valence-electron chi connectivity index (χ2n) is 2.76. The molecule has 0 aromatic rings. The van der Waals surface area contributed by atoms with E-state index in [1.807, 2.05) is 0 Å². The summed E-state index contributed by atoms with van der Waals surface area (Å²) in [6.45, 7) is 0. The zero-order chi connectivity index (χ0) is 9.19. The molecule has 1 aliphatic carbocycles. The average molecular weight is 190 g/mol. The van der Waals surface area contributed by atoms with Crippen LogP contribution in [0.15, 0.2) is 11.0 Å². The third-order valence-corrected chi connectivity index (χ3v) is 2.73. The van der Waals surface area contributed by atoms with E-state index in [-0.39, 0.29) is 17.1 Å². The maximum Gasteiger partial charge on any atom is 0.290 e. The average Bonchev–Trinajstić information content (AvgIpc) is 2.11. The zero-order valence-electron chi connectivity index (χ0n) is 6.49. The summed E-state index contributed by atoms with van der Waals surface area (Å²) in [4.78, 5) is 10.7. The summed E-state index contributed by atoms with van der Waals surface area (Å²) >= 11 is 0. The number of hydrogen-bond acceptors (Lipinski definition) is 3. The van der Waals surface area contributed by atoms with Crippen molar-refractivity contribution in [3.8, 4) is 0 Å². The Hall–Kier alpha value is -0.680. The van der Waals surface area contributed by atoms with Gasteiger partial charge in [-0.25, -0.2) is 0 Å². The molecule has 0 fully saturated rings. The first-order valence-corrected chi connectivity index (χ1v) is 5.15. The third-order valence-electron chi connectivity index (χ3n) is 1.75. The van der Waals surface area contributed by atoms with Crippen LogP contribution in [-0.2, 0) is 14.9 Å². The quantitative estimate of drug-likeness (QED) is 0.623. The van der Waals surface area contributed by atoms with E-state index in [4.69, 9.17) is 4.55 Å². The molecular formula is C7H10O4S. The van der Waals surface area contributed by atoms with Crippen LogP contribution in [0.1, 0.15) is 25.7 Å². The van der Waals surface area contributed by atoms with Gasteiger partial charge in [-0.3, -0.25) is 9.35 Å². The van der Waals surface area contributed by atoms with E-state index in [1.54, 1.807) is 0 Å². The first-order valence-electron chi connectivity index (χ1n) is 3.71. The standard InChI is InChI=1S/C7H10O4S/c8-6-3-1-2-4-7(5-6)12(9,10)11/h5H,1-4H2,(H,9,10,11). The van der Waals surface area contributed by atoms with Gasteiger partial charge >= 0.3 is 0 Å². The summed E-state index contributed by atoms with van der Waals surface area (Å²) in [7, 11) is -4.14. The van der Waals surface area contributed by atoms with Gasteiger partial charge in [0.05, 0.1) is 4.91 Å². The van der Waals surface area contributed by atoms with Crippen LogP contribution in [0.5, 0.6) is 0 Å². The predicted molar refractivity (Wildman–Crippen MR) is 43.1 cm³/mol. The second-order valence-corrected chi connectivity index (χ2v) is 4.23. The number of carbonyl (C=O) groups excluding carboxylic acids is 1. The number of allylic oxidation sites excluding steroid dienone is 2. The first-order chi connectivity index (χ1) is 5.50. The van der Waals surface area contributed by atoms with Gasteiger partial charge < -0.3 is 0 Å². The normalized spacial score (nSPS) is 20.1. The molecular weight excluding hydrogens is 180 g/mol. The molecule has 1 N–H and O–H groups in total. The summed E-state index contributed by atoms with van der Waals surface area (Å²) in [5, 5.41) is 0. The van der Waals surface area contributed by atoms with E-state index in [9.17, 15) is 13.2 Å². The molecule has 0 aliphatic heterocycles. The fraction of sp³-hybridized carbons (Fsp3) is 0.571. The summed E-state index contributed by atoms with van der Waals surface area (Å²) in [6.07, 6.45) is 3.00. The van der Waals surface area contributed by atoms with Crippen LogP contribution in [0.3, 0.4) is 0 Å². The molecule has 0 radical (unpaired) electrons. The van der Waals surface area contributed by atoms with Crippen LogP contribution < -0.4 is 0 Å². The SMILES string of the molecule is O=C1C=C(S(=O)(=O)O)CCCC1. The van der Waals surface area contributed by atoms with Gasteiger partial charge in [-0.1, -0.05) is 0 Å². The van der Waals surface area contributed by atoms with Gasteiger partial charge in [0.25, 0.3) is 10.1 Å². The summed E-state index contributed by atoms with van der Waals surface area (Å²) in [5.41, 5.74) is 0. The number of ketones is 1. The van der Waals surface area contributed by atoms with Crippen molar-refractivity contribution >= 4 is 15.9 Å². The lowest BCUT2D eigenvalue weighted by Crippen LogP contribution is -2.02. The predicted octanol–water partition coefficient (Wildman–Crippen LogP) is 0.901. The van der Waals surface area contributed by atoms with Crippen LogP contribution in [0.4, 0.5) is 0 Å². The highest BCUT2D eigenvalue weighted by Gasteiger charge is 2.17. The second kappa shape index (κ2) is 3.37. The summed E-state index contributed by atoms with van der Waals surface area (Å²) < 4.78 is 29.9. The Morgan fingerprint density at radius 1 is 1.25 bits per heavy atom. The molecule has 0 atom stereocenters. The molecule has 1 rings (SSSR count). The monoisotopic (exact) mass is 190 g/mol. The Labute approximate surface area is 71.0 Å². The van der Waals surface area contributed by atoms with E-state index >= 15 is 0 Å². The highest BCUT2D eigenvalue weighted by Crippen LogP contribution is 2.18. The van der Waals surface area contributed by atoms with Crippen molar-refractivity contribution in [3.05, 3.63) is 11.0 Å². The minimum Gasteiger partial charge on any atom is -0.295 e.